The summed E-state index contributed by atoms with van der Waals surface area (Å²) in [5, 5.41) is 11.7. The van der Waals surface area contributed by atoms with Crippen LogP contribution < -0.4 is 14.2 Å². The molecule has 0 spiro atoms. The summed E-state index contributed by atoms with van der Waals surface area (Å²) in [7, 11) is 3.92. The largest absolute Gasteiger partial charge is 0.493 e. The molecule has 1 aromatic carbocycles. The lowest BCUT2D eigenvalue weighted by Crippen LogP contribution is -2.50. The fourth-order valence-electron chi connectivity index (χ4n) is 2.96. The maximum absolute atomic E-state index is 13.0. The molecule has 0 aromatic heterocycles. The van der Waals surface area contributed by atoms with Gasteiger partial charge in [-0.3, -0.25) is 14.9 Å². The van der Waals surface area contributed by atoms with E-state index in [4.69, 9.17) is 18.9 Å². The predicted molar refractivity (Wildman–Crippen MR) is 97.3 cm³/mol. The summed E-state index contributed by atoms with van der Waals surface area (Å²) < 4.78 is 20.4. The molecule has 0 saturated carbocycles. The number of rotatable bonds is 6. The Bertz CT molecular complexity index is 759. The molecule has 1 heterocycles. The van der Waals surface area contributed by atoms with Crippen LogP contribution in [0.25, 0.3) is 0 Å². The Balaban J connectivity index is 2.35. The van der Waals surface area contributed by atoms with Gasteiger partial charge in [-0.15, -0.1) is 0 Å². The number of hydrogen-bond acceptors (Lipinski definition) is 8. The molecule has 2 rings (SSSR count). The van der Waals surface area contributed by atoms with E-state index < -0.39 is 22.6 Å². The third-order valence-electron chi connectivity index (χ3n) is 4.31. The lowest BCUT2D eigenvalue weighted by Gasteiger charge is -2.34. The Morgan fingerprint density at radius 2 is 1.61 bits per heavy atom. The van der Waals surface area contributed by atoms with Crippen LogP contribution >= 0.6 is 0 Å². The number of methoxy groups -OCH3 is 3. The molecule has 1 aliphatic rings. The fraction of sp³-hybridized carbons (Fsp3) is 0.529. The number of benzene rings is 1. The van der Waals surface area contributed by atoms with E-state index in [1.54, 1.807) is 6.92 Å². The van der Waals surface area contributed by atoms with Crippen molar-refractivity contribution in [1.29, 1.82) is 0 Å². The Kier molecular flexibility index (Phi) is 6.85. The van der Waals surface area contributed by atoms with Gasteiger partial charge in [0.2, 0.25) is 11.5 Å². The first-order valence-corrected chi connectivity index (χ1v) is 8.57. The van der Waals surface area contributed by atoms with Crippen molar-refractivity contribution in [1.82, 2.24) is 9.80 Å². The molecule has 0 radical (unpaired) electrons. The van der Waals surface area contributed by atoms with Crippen LogP contribution in [-0.2, 0) is 4.74 Å². The van der Waals surface area contributed by atoms with Gasteiger partial charge >= 0.3 is 11.8 Å². The van der Waals surface area contributed by atoms with Gasteiger partial charge < -0.3 is 28.7 Å². The Labute approximate surface area is 161 Å². The summed E-state index contributed by atoms with van der Waals surface area (Å²) in [6, 6.07) is 1.26. The number of nitro groups is 1. The highest BCUT2D eigenvalue weighted by atomic mass is 16.6. The molecule has 1 aromatic rings. The predicted octanol–water partition coefficient (Wildman–Crippen LogP) is 1.53. The van der Waals surface area contributed by atoms with Crippen molar-refractivity contribution in [2.24, 2.45) is 0 Å². The number of piperazine rings is 1. The van der Waals surface area contributed by atoms with Crippen LogP contribution in [0.5, 0.6) is 17.2 Å². The lowest BCUT2D eigenvalue weighted by atomic mass is 10.1. The Hall–Kier alpha value is -3.24. The van der Waals surface area contributed by atoms with Gasteiger partial charge in [-0.05, 0) is 6.92 Å². The Morgan fingerprint density at radius 1 is 1.04 bits per heavy atom. The van der Waals surface area contributed by atoms with Crippen molar-refractivity contribution in [2.45, 2.75) is 6.92 Å². The molecular formula is C17H23N3O8. The zero-order valence-corrected chi connectivity index (χ0v) is 16.2. The van der Waals surface area contributed by atoms with Gasteiger partial charge in [0.1, 0.15) is 5.56 Å². The van der Waals surface area contributed by atoms with E-state index in [0.29, 0.717) is 0 Å². The summed E-state index contributed by atoms with van der Waals surface area (Å²) in [4.78, 5) is 38.7. The van der Waals surface area contributed by atoms with E-state index in [2.05, 4.69) is 0 Å². The monoisotopic (exact) mass is 397 g/mol. The van der Waals surface area contributed by atoms with Gasteiger partial charge in [0.05, 0.1) is 32.9 Å². The van der Waals surface area contributed by atoms with Crippen LogP contribution in [0.15, 0.2) is 6.07 Å². The third-order valence-corrected chi connectivity index (χ3v) is 4.31. The normalized spacial score (nSPS) is 13.7. The van der Waals surface area contributed by atoms with E-state index in [1.165, 1.54) is 37.2 Å². The number of ether oxygens (including phenoxy) is 4. The van der Waals surface area contributed by atoms with Crippen LogP contribution in [0.1, 0.15) is 17.3 Å². The average molecular weight is 397 g/mol. The molecular weight excluding hydrogens is 374 g/mol. The molecule has 28 heavy (non-hydrogen) atoms. The van der Waals surface area contributed by atoms with E-state index in [0.717, 1.165) is 0 Å². The van der Waals surface area contributed by atoms with E-state index in [-0.39, 0.29) is 55.6 Å². The van der Waals surface area contributed by atoms with Crippen LogP contribution in [0, 0.1) is 10.1 Å². The van der Waals surface area contributed by atoms with Crippen molar-refractivity contribution in [3.8, 4) is 17.2 Å². The molecule has 0 unspecified atom stereocenters. The van der Waals surface area contributed by atoms with Gasteiger partial charge in [-0.25, -0.2) is 4.79 Å². The minimum absolute atomic E-state index is 0.0281. The zero-order valence-electron chi connectivity index (χ0n) is 16.2. The van der Waals surface area contributed by atoms with Crippen LogP contribution in [0.4, 0.5) is 10.5 Å². The van der Waals surface area contributed by atoms with Gasteiger partial charge in [0, 0.05) is 32.2 Å². The SMILES string of the molecule is CCOC(=O)N1CCN(C(=O)c2cc(OC)c(OC)c(OC)c2[N+](=O)[O-])CC1. The highest BCUT2D eigenvalue weighted by Gasteiger charge is 2.35. The van der Waals surface area contributed by atoms with Crippen molar-refractivity contribution in [2.75, 3.05) is 54.1 Å². The molecule has 0 atom stereocenters. The van der Waals surface area contributed by atoms with Gasteiger partial charge in [0.15, 0.2) is 5.75 Å². The van der Waals surface area contributed by atoms with Crippen molar-refractivity contribution >= 4 is 17.7 Å². The molecule has 0 bridgehead atoms. The van der Waals surface area contributed by atoms with Gasteiger partial charge in [0.25, 0.3) is 5.91 Å². The van der Waals surface area contributed by atoms with Crippen LogP contribution in [0.3, 0.4) is 0 Å². The fourth-order valence-corrected chi connectivity index (χ4v) is 2.96. The maximum Gasteiger partial charge on any atom is 0.409 e. The molecule has 11 nitrogen and oxygen atoms in total. The molecule has 0 N–H and O–H groups in total. The van der Waals surface area contributed by atoms with Gasteiger partial charge in [-0.2, -0.15) is 0 Å². The summed E-state index contributed by atoms with van der Waals surface area (Å²) in [6.45, 7) is 2.93. The number of nitro benzene ring substituents is 1. The molecule has 1 fully saturated rings. The minimum atomic E-state index is -0.692. The zero-order chi connectivity index (χ0) is 20.8. The summed E-state index contributed by atoms with van der Waals surface area (Å²) in [6.07, 6.45) is -0.451. The van der Waals surface area contributed by atoms with E-state index in [1.807, 2.05) is 0 Å². The molecule has 0 aliphatic carbocycles. The number of carbonyl (C=O) groups excluding carboxylic acids is 2. The van der Waals surface area contributed by atoms with E-state index in [9.17, 15) is 19.7 Å². The van der Waals surface area contributed by atoms with Crippen molar-refractivity contribution in [3.63, 3.8) is 0 Å². The number of hydrogen-bond donors (Lipinski definition) is 0. The van der Waals surface area contributed by atoms with Crippen molar-refractivity contribution < 1.29 is 33.5 Å². The summed E-state index contributed by atoms with van der Waals surface area (Å²) >= 11 is 0. The molecule has 154 valence electrons. The van der Waals surface area contributed by atoms with Crippen LogP contribution in [-0.4, -0.2) is 80.8 Å². The van der Waals surface area contributed by atoms with Crippen molar-refractivity contribution in [3.05, 3.63) is 21.7 Å². The number of nitrogens with zero attached hydrogens (tertiary/aromatic N) is 3. The number of carbonyl (C=O) groups is 2. The first-order valence-electron chi connectivity index (χ1n) is 8.57. The summed E-state index contributed by atoms with van der Waals surface area (Å²) in [5.74, 6) is -0.589. The lowest BCUT2D eigenvalue weighted by molar-refractivity contribution is -0.386. The minimum Gasteiger partial charge on any atom is -0.493 e. The van der Waals surface area contributed by atoms with Gasteiger partial charge in [-0.1, -0.05) is 0 Å². The smallest absolute Gasteiger partial charge is 0.409 e. The molecule has 1 aliphatic heterocycles. The summed E-state index contributed by atoms with van der Waals surface area (Å²) in [5.41, 5.74) is -0.679. The van der Waals surface area contributed by atoms with Crippen LogP contribution in [0.2, 0.25) is 0 Å². The first kappa shape index (κ1) is 21.1. The third kappa shape index (κ3) is 4.02. The molecule has 2 amide bonds. The highest BCUT2D eigenvalue weighted by molar-refractivity contribution is 6.00. The second-order valence-corrected chi connectivity index (χ2v) is 5.78. The number of amides is 2. The molecule has 11 heteroatoms. The first-order chi connectivity index (χ1) is 13.4. The standard InChI is InChI=1S/C17H23N3O8/c1-5-28-17(22)19-8-6-18(7-9-19)16(21)11-10-12(25-2)14(26-3)15(27-4)13(11)20(23)24/h10H,5-9H2,1-4H3. The second-order valence-electron chi connectivity index (χ2n) is 5.78. The quantitative estimate of drug-likeness (QED) is 0.523. The average Bonchev–Trinajstić information content (AvgIpc) is 2.71. The van der Waals surface area contributed by atoms with E-state index >= 15 is 0 Å². The second kappa shape index (κ2) is 9.11. The molecule has 1 saturated heterocycles. The topological polar surface area (TPSA) is 121 Å². The highest BCUT2D eigenvalue weighted by Crippen LogP contribution is 2.46. The Morgan fingerprint density at radius 3 is 2.07 bits per heavy atom. The maximum atomic E-state index is 13.0.